The second-order valence-electron chi connectivity index (χ2n) is 7.36. The van der Waals surface area contributed by atoms with Crippen LogP contribution in [0.1, 0.15) is 110 Å². The maximum absolute atomic E-state index is 10.9. The summed E-state index contributed by atoms with van der Waals surface area (Å²) in [5.41, 5.74) is 5.07. The molecule has 0 aromatic heterocycles. The van der Waals surface area contributed by atoms with Gasteiger partial charge < -0.3 is 15.6 Å². The van der Waals surface area contributed by atoms with Crippen molar-refractivity contribution in [3.8, 4) is 0 Å². The fourth-order valence-electron chi connectivity index (χ4n) is 3.10. The van der Waals surface area contributed by atoms with Crippen molar-refractivity contribution in [2.75, 3.05) is 20.1 Å². The summed E-state index contributed by atoms with van der Waals surface area (Å²) < 4.78 is 5.33. The van der Waals surface area contributed by atoms with Gasteiger partial charge in [0.2, 0.25) is 0 Å². The summed E-state index contributed by atoms with van der Waals surface area (Å²) in [5.74, 6) is 0. The second kappa shape index (κ2) is 20.5. The summed E-state index contributed by atoms with van der Waals surface area (Å²) in [6.07, 6.45) is 21.6. The summed E-state index contributed by atoms with van der Waals surface area (Å²) in [7, 11) is 0. The molecule has 2 amide bonds. The van der Waals surface area contributed by atoms with Crippen LogP contribution in [-0.4, -0.2) is 36.1 Å². The van der Waals surface area contributed by atoms with Crippen LogP contribution in [0.2, 0.25) is 0 Å². The van der Waals surface area contributed by atoms with Crippen molar-refractivity contribution in [1.82, 2.24) is 4.90 Å². The Bertz CT molecular complexity index is 301. The molecule has 0 aliphatic carbocycles. The third kappa shape index (κ3) is 18.0. The number of primary amides is 1. The lowest BCUT2D eigenvalue weighted by Crippen LogP contribution is -2.38. The number of hydrogen-bond donors (Lipinski definition) is 2. The summed E-state index contributed by atoms with van der Waals surface area (Å²) in [5, 5.41) is 8.89. The number of nitrogens with two attached hydrogens (primary N) is 1. The van der Waals surface area contributed by atoms with Crippen molar-refractivity contribution in [2.45, 2.75) is 110 Å². The van der Waals surface area contributed by atoms with Crippen molar-refractivity contribution in [3.05, 3.63) is 0 Å². The highest BCUT2D eigenvalue weighted by Gasteiger charge is 2.06. The Kier molecular flexibility index (Phi) is 19.9. The number of carbonyl (C=O) groups is 1. The molecule has 0 aromatic rings. The van der Waals surface area contributed by atoms with E-state index in [0.717, 1.165) is 17.7 Å². The molecule has 0 atom stereocenters. The van der Waals surface area contributed by atoms with Crippen LogP contribution in [0.15, 0.2) is 0 Å². The predicted octanol–water partition coefficient (Wildman–Crippen LogP) is 5.55. The minimum absolute atomic E-state index is 0.0740. The second-order valence-corrected chi connectivity index (χ2v) is 7.36. The average Bonchev–Trinajstić information content (AvgIpc) is 2.63. The van der Waals surface area contributed by atoms with E-state index in [1.54, 1.807) is 0 Å². The molecule has 3 N–H and O–H groups in total. The number of nitrogens with zero attached hydrogens (tertiary/aromatic N) is 1. The van der Waals surface area contributed by atoms with Gasteiger partial charge in [-0.2, -0.15) is 0 Å². The molecule has 0 aliphatic rings. The quantitative estimate of drug-likeness (QED) is 0.217. The Balaban J connectivity index is 3.10. The molecule has 0 aromatic carbocycles. The minimum Gasteiger partial charge on any atom is -0.376 e. The maximum atomic E-state index is 10.9. The minimum atomic E-state index is -0.653. The fourth-order valence-corrected chi connectivity index (χ4v) is 3.10. The van der Waals surface area contributed by atoms with E-state index in [2.05, 4.69) is 6.92 Å². The molecule has 26 heavy (non-hydrogen) atoms. The maximum Gasteiger partial charge on any atom is 0.318 e. The first-order valence-corrected chi connectivity index (χ1v) is 10.9. The van der Waals surface area contributed by atoms with Gasteiger partial charge in [0, 0.05) is 6.61 Å². The summed E-state index contributed by atoms with van der Waals surface area (Å²) in [4.78, 5) is 11.9. The van der Waals surface area contributed by atoms with Gasteiger partial charge in [0.05, 0.1) is 0 Å². The lowest BCUT2D eigenvalue weighted by molar-refractivity contribution is 0.00972. The van der Waals surface area contributed by atoms with E-state index in [9.17, 15) is 4.79 Å². The smallest absolute Gasteiger partial charge is 0.318 e. The van der Waals surface area contributed by atoms with Crippen molar-refractivity contribution in [1.29, 1.82) is 0 Å². The lowest BCUT2D eigenvalue weighted by Gasteiger charge is -2.16. The van der Waals surface area contributed by atoms with Gasteiger partial charge in [-0.05, 0) is 6.42 Å². The van der Waals surface area contributed by atoms with E-state index >= 15 is 0 Å². The molecule has 0 radical (unpaired) electrons. The zero-order valence-corrected chi connectivity index (χ0v) is 17.2. The van der Waals surface area contributed by atoms with Gasteiger partial charge in [-0.1, -0.05) is 103 Å². The number of hydrogen-bond acceptors (Lipinski definition) is 3. The van der Waals surface area contributed by atoms with E-state index < -0.39 is 12.8 Å². The number of amides is 2. The molecule has 0 saturated heterocycles. The van der Waals surface area contributed by atoms with Gasteiger partial charge >= 0.3 is 6.03 Å². The number of carbonyl (C=O) groups excluding carboxylic acids is 1. The highest BCUT2D eigenvalue weighted by Crippen LogP contribution is 2.13. The first-order valence-electron chi connectivity index (χ1n) is 10.9. The number of aliphatic hydroxyl groups is 1. The van der Waals surface area contributed by atoms with E-state index in [1.165, 1.54) is 89.9 Å². The van der Waals surface area contributed by atoms with Crippen LogP contribution in [0.4, 0.5) is 4.79 Å². The van der Waals surface area contributed by atoms with Gasteiger partial charge in [-0.3, -0.25) is 4.90 Å². The Hall–Kier alpha value is -0.810. The normalized spacial score (nSPS) is 11.0. The van der Waals surface area contributed by atoms with Gasteiger partial charge in [-0.15, -0.1) is 0 Å². The number of urea groups is 1. The van der Waals surface area contributed by atoms with E-state index in [1.807, 2.05) is 0 Å². The van der Waals surface area contributed by atoms with Crippen molar-refractivity contribution < 1.29 is 14.6 Å². The molecule has 0 bridgehead atoms. The molecule has 0 aliphatic heterocycles. The van der Waals surface area contributed by atoms with E-state index in [4.69, 9.17) is 15.6 Å². The van der Waals surface area contributed by atoms with Crippen molar-refractivity contribution in [3.63, 3.8) is 0 Å². The SMILES string of the molecule is CCCCCCCCCCCCCCCCCCOCN(CO)C(N)=O. The number of ether oxygens (including phenoxy) is 1. The van der Waals surface area contributed by atoms with Gasteiger partial charge in [-0.25, -0.2) is 4.79 Å². The molecular formula is C21H44N2O3. The van der Waals surface area contributed by atoms with Gasteiger partial charge in [0.15, 0.2) is 0 Å². The van der Waals surface area contributed by atoms with Crippen LogP contribution in [0.3, 0.4) is 0 Å². The summed E-state index contributed by atoms with van der Waals surface area (Å²) >= 11 is 0. The number of rotatable bonds is 20. The van der Waals surface area contributed by atoms with Crippen molar-refractivity contribution >= 4 is 6.03 Å². The molecule has 156 valence electrons. The highest BCUT2D eigenvalue weighted by atomic mass is 16.5. The van der Waals surface area contributed by atoms with Crippen LogP contribution in [-0.2, 0) is 4.74 Å². The lowest BCUT2D eigenvalue weighted by atomic mass is 10.0. The zero-order chi connectivity index (χ0) is 19.3. The number of aliphatic hydroxyl groups excluding tert-OH is 1. The Morgan fingerprint density at radius 1 is 0.769 bits per heavy atom. The Morgan fingerprint density at radius 2 is 1.15 bits per heavy atom. The number of unbranched alkanes of at least 4 members (excludes halogenated alkanes) is 15. The van der Waals surface area contributed by atoms with Crippen molar-refractivity contribution in [2.24, 2.45) is 5.73 Å². The summed E-state index contributed by atoms with van der Waals surface area (Å²) in [6, 6.07) is -0.653. The van der Waals surface area contributed by atoms with E-state index in [-0.39, 0.29) is 6.73 Å². The molecule has 0 heterocycles. The molecule has 5 nitrogen and oxygen atoms in total. The van der Waals surface area contributed by atoms with Crippen LogP contribution >= 0.6 is 0 Å². The third-order valence-corrected chi connectivity index (χ3v) is 4.87. The van der Waals surface area contributed by atoms with Crippen LogP contribution in [0.25, 0.3) is 0 Å². The van der Waals surface area contributed by atoms with Crippen LogP contribution in [0, 0.1) is 0 Å². The molecule has 5 heteroatoms. The largest absolute Gasteiger partial charge is 0.376 e. The molecule has 0 spiro atoms. The topological polar surface area (TPSA) is 75.8 Å². The molecule has 0 saturated carbocycles. The van der Waals surface area contributed by atoms with Crippen LogP contribution in [0.5, 0.6) is 0 Å². The Labute approximate surface area is 161 Å². The predicted molar refractivity (Wildman–Crippen MR) is 109 cm³/mol. The molecular weight excluding hydrogens is 328 g/mol. The third-order valence-electron chi connectivity index (χ3n) is 4.87. The fraction of sp³-hybridized carbons (Fsp3) is 0.952. The monoisotopic (exact) mass is 372 g/mol. The standard InChI is InChI=1S/C21H44N2O3/c1-2-3-4-5-6-7-8-9-10-11-12-13-14-15-16-17-18-26-20-23(19-24)21(22)25/h24H,2-20H2,1H3,(H2,22,25). The highest BCUT2D eigenvalue weighted by molar-refractivity contribution is 5.71. The molecule has 0 fully saturated rings. The molecule has 0 unspecified atom stereocenters. The molecule has 0 rings (SSSR count). The summed E-state index contributed by atoms with van der Waals surface area (Å²) in [6.45, 7) is 2.57. The first-order chi connectivity index (χ1) is 12.7. The Morgan fingerprint density at radius 3 is 1.50 bits per heavy atom. The van der Waals surface area contributed by atoms with E-state index in [0.29, 0.717) is 6.61 Å². The first kappa shape index (κ1) is 25.2. The average molecular weight is 373 g/mol. The van der Waals surface area contributed by atoms with Gasteiger partial charge in [0.25, 0.3) is 0 Å². The van der Waals surface area contributed by atoms with Crippen LogP contribution < -0.4 is 5.73 Å². The zero-order valence-electron chi connectivity index (χ0n) is 17.2. The van der Waals surface area contributed by atoms with Gasteiger partial charge in [0.1, 0.15) is 13.5 Å².